The van der Waals surface area contributed by atoms with Crippen molar-refractivity contribution >= 4 is 28.6 Å². The lowest BCUT2D eigenvalue weighted by atomic mass is 10.1. The van der Waals surface area contributed by atoms with Gasteiger partial charge in [0.2, 0.25) is 11.8 Å². The number of carbonyl (C=O) groups excluding carboxylic acids is 2. The van der Waals surface area contributed by atoms with E-state index in [0.29, 0.717) is 32.2 Å². The zero-order valence-electron chi connectivity index (χ0n) is 13.9. The van der Waals surface area contributed by atoms with Gasteiger partial charge in [-0.3, -0.25) is 9.59 Å². The van der Waals surface area contributed by atoms with Crippen molar-refractivity contribution in [3.63, 3.8) is 0 Å². The molecule has 2 amide bonds. The third-order valence-electron chi connectivity index (χ3n) is 4.30. The number of nitrogens with zero attached hydrogens (tertiary/aromatic N) is 2. The van der Waals surface area contributed by atoms with Crippen molar-refractivity contribution in [1.29, 1.82) is 0 Å². The molecule has 3 N–H and O–H groups in total. The monoisotopic (exact) mass is 327 g/mol. The second kappa shape index (κ2) is 6.82. The normalized spacial score (nSPS) is 14.4. The fraction of sp³-hybridized carbons (Fsp3) is 0.412. The van der Waals surface area contributed by atoms with E-state index in [9.17, 15) is 9.59 Å². The van der Waals surface area contributed by atoms with Crippen LogP contribution in [0.3, 0.4) is 0 Å². The summed E-state index contributed by atoms with van der Waals surface area (Å²) in [4.78, 5) is 30.8. The first-order valence-electron chi connectivity index (χ1n) is 8.08. The van der Waals surface area contributed by atoms with Gasteiger partial charge < -0.3 is 10.3 Å². The Morgan fingerprint density at radius 2 is 2.12 bits per heavy atom. The lowest BCUT2D eigenvalue weighted by molar-refractivity contribution is -0.121. The highest BCUT2D eigenvalue weighted by Gasteiger charge is 2.13. The number of aromatic nitrogens is 2. The summed E-state index contributed by atoms with van der Waals surface area (Å²) >= 11 is 0. The van der Waals surface area contributed by atoms with E-state index >= 15 is 0 Å². The summed E-state index contributed by atoms with van der Waals surface area (Å²) in [6.07, 6.45) is 1.98. The van der Waals surface area contributed by atoms with E-state index in [1.54, 1.807) is 0 Å². The third kappa shape index (κ3) is 3.61. The maximum atomic E-state index is 12.0. The molecule has 0 aliphatic carbocycles. The largest absolute Gasteiger partial charge is 0.349 e. The number of aryl methyl sites for hydroxylation is 2. The molecule has 1 aliphatic heterocycles. The number of benzene rings is 1. The van der Waals surface area contributed by atoms with Gasteiger partial charge in [-0.1, -0.05) is 6.07 Å². The third-order valence-corrected chi connectivity index (χ3v) is 4.30. The number of amides is 2. The van der Waals surface area contributed by atoms with Crippen molar-refractivity contribution in [1.82, 2.24) is 20.7 Å². The fourth-order valence-electron chi connectivity index (χ4n) is 2.67. The van der Waals surface area contributed by atoms with Crippen LogP contribution in [0.4, 0.5) is 0 Å². The topological polar surface area (TPSA) is 99.2 Å². The molecule has 2 heterocycles. The van der Waals surface area contributed by atoms with Gasteiger partial charge in [-0.25, -0.2) is 10.4 Å². The van der Waals surface area contributed by atoms with Crippen LogP contribution < -0.4 is 10.7 Å². The Morgan fingerprint density at radius 1 is 1.29 bits per heavy atom. The predicted molar refractivity (Wildman–Crippen MR) is 91.5 cm³/mol. The number of nitrogens with one attached hydrogen (secondary N) is 3. The minimum absolute atomic E-state index is 0.0528. The van der Waals surface area contributed by atoms with E-state index in [4.69, 9.17) is 0 Å². The maximum Gasteiger partial charge on any atom is 0.240 e. The van der Waals surface area contributed by atoms with Gasteiger partial charge in [-0.2, -0.15) is 5.10 Å². The van der Waals surface area contributed by atoms with Crippen LogP contribution in [0.25, 0.3) is 11.0 Å². The highest BCUT2D eigenvalue weighted by Crippen LogP contribution is 2.19. The van der Waals surface area contributed by atoms with Crippen LogP contribution in [0, 0.1) is 13.8 Å². The number of hydrogen-bond acceptors (Lipinski definition) is 4. The molecule has 0 spiro atoms. The van der Waals surface area contributed by atoms with Crippen LogP contribution in [0.1, 0.15) is 42.6 Å². The van der Waals surface area contributed by atoms with Crippen LogP contribution in [-0.2, 0) is 16.1 Å². The molecule has 24 heavy (non-hydrogen) atoms. The van der Waals surface area contributed by atoms with Crippen LogP contribution in [0.2, 0.25) is 0 Å². The molecule has 0 saturated carbocycles. The Balaban J connectivity index is 1.53. The summed E-state index contributed by atoms with van der Waals surface area (Å²) in [5.41, 5.74) is 7.58. The van der Waals surface area contributed by atoms with Gasteiger partial charge in [-0.15, -0.1) is 0 Å². The Bertz CT molecular complexity index is 822. The van der Waals surface area contributed by atoms with E-state index in [1.165, 1.54) is 5.56 Å². The number of imidazole rings is 1. The Hall–Kier alpha value is -2.70. The quantitative estimate of drug-likeness (QED) is 0.781. The van der Waals surface area contributed by atoms with E-state index < -0.39 is 0 Å². The van der Waals surface area contributed by atoms with Crippen molar-refractivity contribution in [2.75, 3.05) is 0 Å². The molecule has 0 fully saturated rings. The molecular formula is C17H21N5O2. The summed E-state index contributed by atoms with van der Waals surface area (Å²) in [5, 5.41) is 6.83. The second-order valence-corrected chi connectivity index (χ2v) is 6.08. The second-order valence-electron chi connectivity index (χ2n) is 6.08. The zero-order valence-corrected chi connectivity index (χ0v) is 13.9. The SMILES string of the molecule is Cc1ccc2[nH]c(CNC(=O)CCC3=NNC(=O)CC3)nc2c1C. The minimum atomic E-state index is -0.0707. The number of carbonyl (C=O) groups is 2. The van der Waals surface area contributed by atoms with Gasteiger partial charge in [0.1, 0.15) is 5.82 Å². The molecule has 1 aliphatic rings. The number of hydrazone groups is 1. The van der Waals surface area contributed by atoms with E-state index in [0.717, 1.165) is 28.1 Å². The summed E-state index contributed by atoms with van der Waals surface area (Å²) in [5.74, 6) is 0.621. The fourth-order valence-corrected chi connectivity index (χ4v) is 2.67. The average molecular weight is 327 g/mol. The minimum Gasteiger partial charge on any atom is -0.349 e. The number of aromatic amines is 1. The molecule has 7 nitrogen and oxygen atoms in total. The maximum absolute atomic E-state index is 12.0. The molecule has 126 valence electrons. The Morgan fingerprint density at radius 3 is 2.88 bits per heavy atom. The highest BCUT2D eigenvalue weighted by atomic mass is 16.2. The number of hydrogen-bond donors (Lipinski definition) is 3. The molecular weight excluding hydrogens is 306 g/mol. The molecule has 0 unspecified atom stereocenters. The molecule has 0 radical (unpaired) electrons. The number of rotatable bonds is 5. The molecule has 0 atom stereocenters. The van der Waals surface area contributed by atoms with Crippen molar-refractivity contribution in [3.05, 3.63) is 29.1 Å². The Kier molecular flexibility index (Phi) is 4.59. The van der Waals surface area contributed by atoms with E-state index in [2.05, 4.69) is 38.8 Å². The van der Waals surface area contributed by atoms with E-state index in [1.807, 2.05) is 13.0 Å². The van der Waals surface area contributed by atoms with Gasteiger partial charge >= 0.3 is 0 Å². The highest BCUT2D eigenvalue weighted by molar-refractivity contribution is 5.94. The van der Waals surface area contributed by atoms with Gasteiger partial charge in [0.25, 0.3) is 0 Å². The molecule has 1 aromatic carbocycles. The number of H-pyrrole nitrogens is 1. The predicted octanol–water partition coefficient (Wildman–Crippen LogP) is 1.84. The molecule has 7 heteroatoms. The molecule has 3 rings (SSSR count). The van der Waals surface area contributed by atoms with Crippen molar-refractivity contribution in [3.8, 4) is 0 Å². The lowest BCUT2D eigenvalue weighted by Gasteiger charge is -2.11. The molecule has 2 aromatic rings. The molecule has 0 saturated heterocycles. The average Bonchev–Trinajstić information content (AvgIpc) is 3.00. The van der Waals surface area contributed by atoms with Crippen LogP contribution in [0.15, 0.2) is 17.2 Å². The van der Waals surface area contributed by atoms with Crippen molar-refractivity contribution in [2.24, 2.45) is 5.10 Å². The van der Waals surface area contributed by atoms with Crippen LogP contribution in [-0.4, -0.2) is 27.5 Å². The zero-order chi connectivity index (χ0) is 17.1. The van der Waals surface area contributed by atoms with Crippen molar-refractivity contribution in [2.45, 2.75) is 46.1 Å². The Labute approximate surface area is 139 Å². The first kappa shape index (κ1) is 16.2. The van der Waals surface area contributed by atoms with Gasteiger partial charge in [-0.05, 0) is 43.9 Å². The van der Waals surface area contributed by atoms with Gasteiger partial charge in [0.15, 0.2) is 0 Å². The summed E-state index contributed by atoms with van der Waals surface area (Å²) in [7, 11) is 0. The lowest BCUT2D eigenvalue weighted by Crippen LogP contribution is -2.27. The summed E-state index contributed by atoms with van der Waals surface area (Å²) < 4.78 is 0. The standard InChI is InChI=1S/C17H21N5O2/c1-10-3-6-13-17(11(10)2)20-14(19-13)9-18-15(23)7-4-12-5-8-16(24)22-21-12/h3,6H,4-5,7-9H2,1-2H3,(H,18,23)(H,19,20)(H,22,24). The van der Waals surface area contributed by atoms with Crippen LogP contribution >= 0.6 is 0 Å². The number of fused-ring (bicyclic) bond motifs is 1. The van der Waals surface area contributed by atoms with E-state index in [-0.39, 0.29) is 11.8 Å². The molecule has 0 bridgehead atoms. The first-order valence-corrected chi connectivity index (χ1v) is 8.08. The van der Waals surface area contributed by atoms with Crippen molar-refractivity contribution < 1.29 is 9.59 Å². The first-order chi connectivity index (χ1) is 11.5. The summed E-state index contributed by atoms with van der Waals surface area (Å²) in [6, 6.07) is 4.06. The van der Waals surface area contributed by atoms with Crippen LogP contribution in [0.5, 0.6) is 0 Å². The van der Waals surface area contributed by atoms with Gasteiger partial charge in [0, 0.05) is 18.6 Å². The molecule has 1 aromatic heterocycles. The summed E-state index contributed by atoms with van der Waals surface area (Å²) in [6.45, 7) is 4.47. The smallest absolute Gasteiger partial charge is 0.240 e. The van der Waals surface area contributed by atoms with Gasteiger partial charge in [0.05, 0.1) is 17.6 Å².